The first-order valence-electron chi connectivity index (χ1n) is 8.11. The Balaban J connectivity index is 1.66. The average Bonchev–Trinajstić information content (AvgIpc) is 2.64. The number of aromatic nitrogens is 2. The van der Waals surface area contributed by atoms with Gasteiger partial charge in [0.25, 0.3) is 0 Å². The van der Waals surface area contributed by atoms with E-state index >= 15 is 0 Å². The van der Waals surface area contributed by atoms with Crippen LogP contribution in [-0.4, -0.2) is 49.2 Å². The molecule has 0 atom stereocenters. The predicted molar refractivity (Wildman–Crippen MR) is 92.2 cm³/mol. The van der Waals surface area contributed by atoms with Gasteiger partial charge in [0.1, 0.15) is 16.7 Å². The van der Waals surface area contributed by atoms with Crippen molar-refractivity contribution in [1.29, 1.82) is 0 Å². The molecule has 25 heavy (non-hydrogen) atoms. The first-order valence-corrected chi connectivity index (χ1v) is 9.55. The number of sulfonamides is 1. The third kappa shape index (κ3) is 3.91. The second kappa shape index (κ2) is 7.37. The molecule has 1 saturated heterocycles. The Morgan fingerprint density at radius 1 is 1.08 bits per heavy atom. The highest BCUT2D eigenvalue weighted by molar-refractivity contribution is 7.89. The molecule has 8 heteroatoms. The Labute approximate surface area is 147 Å². The summed E-state index contributed by atoms with van der Waals surface area (Å²) in [6, 6.07) is 10.3. The molecule has 0 aliphatic carbocycles. The first-order chi connectivity index (χ1) is 12.0. The quantitative estimate of drug-likeness (QED) is 0.808. The van der Waals surface area contributed by atoms with Crippen molar-refractivity contribution in [1.82, 2.24) is 14.5 Å². The maximum atomic E-state index is 12.9. The van der Waals surface area contributed by atoms with Gasteiger partial charge in [-0.2, -0.15) is 9.40 Å². The Morgan fingerprint density at radius 2 is 1.80 bits per heavy atom. The molecule has 0 N–H and O–H groups in total. The second-order valence-electron chi connectivity index (χ2n) is 5.89. The van der Waals surface area contributed by atoms with Crippen LogP contribution in [0.25, 0.3) is 0 Å². The lowest BCUT2D eigenvalue weighted by Gasteiger charge is -2.31. The molecule has 1 aliphatic rings. The summed E-state index contributed by atoms with van der Waals surface area (Å²) in [4.78, 5) is 0.196. The normalized spacial score (nSPS) is 16.6. The summed E-state index contributed by atoms with van der Waals surface area (Å²) in [7, 11) is -2.11. The van der Waals surface area contributed by atoms with Crippen molar-refractivity contribution in [3.05, 3.63) is 42.1 Å². The summed E-state index contributed by atoms with van der Waals surface area (Å²) in [5, 5.41) is 7.95. The van der Waals surface area contributed by atoms with Crippen molar-refractivity contribution >= 4 is 10.0 Å². The Kier molecular flexibility index (Phi) is 5.19. The van der Waals surface area contributed by atoms with E-state index in [1.54, 1.807) is 30.3 Å². The summed E-state index contributed by atoms with van der Waals surface area (Å²) in [5.74, 6) is 0.826. The van der Waals surface area contributed by atoms with Gasteiger partial charge in [0, 0.05) is 19.2 Å². The SMILES string of the molecule is COc1ccccc1S(=O)(=O)N1CCC(Oc2ccc(C)nn2)CC1. The fourth-order valence-corrected chi connectivity index (χ4v) is 4.41. The molecule has 0 unspecified atom stereocenters. The zero-order valence-corrected chi connectivity index (χ0v) is 15.1. The molecule has 0 amide bonds. The zero-order chi connectivity index (χ0) is 17.9. The van der Waals surface area contributed by atoms with Crippen molar-refractivity contribution in [2.45, 2.75) is 30.8 Å². The molecule has 0 bridgehead atoms. The third-order valence-electron chi connectivity index (χ3n) is 4.15. The molecule has 1 fully saturated rings. The van der Waals surface area contributed by atoms with E-state index in [1.807, 2.05) is 13.0 Å². The minimum atomic E-state index is -3.58. The molecular weight excluding hydrogens is 342 g/mol. The van der Waals surface area contributed by atoms with Crippen LogP contribution >= 0.6 is 0 Å². The molecule has 1 aliphatic heterocycles. The lowest BCUT2D eigenvalue weighted by Crippen LogP contribution is -2.41. The number of methoxy groups -OCH3 is 1. The fourth-order valence-electron chi connectivity index (χ4n) is 2.78. The third-order valence-corrected chi connectivity index (χ3v) is 6.09. The van der Waals surface area contributed by atoms with Crippen molar-refractivity contribution in [2.75, 3.05) is 20.2 Å². The van der Waals surface area contributed by atoms with Gasteiger partial charge in [-0.3, -0.25) is 0 Å². The van der Waals surface area contributed by atoms with E-state index < -0.39 is 10.0 Å². The number of ether oxygens (including phenoxy) is 2. The van der Waals surface area contributed by atoms with Crippen molar-refractivity contribution in [2.24, 2.45) is 0 Å². The van der Waals surface area contributed by atoms with Gasteiger partial charge in [0.15, 0.2) is 0 Å². The van der Waals surface area contributed by atoms with Crippen LogP contribution in [-0.2, 0) is 10.0 Å². The van der Waals surface area contributed by atoms with Crippen molar-refractivity contribution in [3.8, 4) is 11.6 Å². The highest BCUT2D eigenvalue weighted by Crippen LogP contribution is 2.28. The van der Waals surface area contributed by atoms with Gasteiger partial charge in [0.05, 0.1) is 12.8 Å². The number of hydrogen-bond acceptors (Lipinski definition) is 6. The minimum absolute atomic E-state index is 0.0684. The van der Waals surface area contributed by atoms with Crippen LogP contribution in [0.5, 0.6) is 11.6 Å². The van der Waals surface area contributed by atoms with Crippen LogP contribution in [0.3, 0.4) is 0 Å². The predicted octanol–water partition coefficient (Wildman–Crippen LogP) is 2.03. The molecule has 1 aromatic heterocycles. The molecular formula is C17H21N3O4S. The van der Waals surface area contributed by atoms with Gasteiger partial charge in [0.2, 0.25) is 15.9 Å². The highest BCUT2D eigenvalue weighted by Gasteiger charge is 2.32. The van der Waals surface area contributed by atoms with Crippen LogP contribution in [0, 0.1) is 6.92 Å². The smallest absolute Gasteiger partial charge is 0.246 e. The van der Waals surface area contributed by atoms with E-state index in [0.717, 1.165) is 5.69 Å². The summed E-state index contributed by atoms with van der Waals surface area (Å²) in [5.41, 5.74) is 0.824. The number of para-hydroxylation sites is 1. The van der Waals surface area contributed by atoms with Crippen molar-refractivity contribution in [3.63, 3.8) is 0 Å². The standard InChI is InChI=1S/C17H21N3O4S/c1-13-7-8-17(19-18-13)24-14-9-11-20(12-10-14)25(21,22)16-6-4-3-5-15(16)23-2/h3-8,14H,9-12H2,1-2H3. The van der Waals surface area contributed by atoms with Gasteiger partial charge in [-0.15, -0.1) is 5.10 Å². The van der Waals surface area contributed by atoms with Crippen LogP contribution in [0.2, 0.25) is 0 Å². The number of rotatable bonds is 5. The Bertz CT molecular complexity index is 816. The number of aryl methyl sites for hydroxylation is 1. The summed E-state index contributed by atoms with van der Waals surface area (Å²) < 4.78 is 38.2. The topological polar surface area (TPSA) is 81.6 Å². The summed E-state index contributed by atoms with van der Waals surface area (Å²) >= 11 is 0. The van der Waals surface area contributed by atoms with E-state index in [9.17, 15) is 8.42 Å². The Hall–Kier alpha value is -2.19. The van der Waals surface area contributed by atoms with E-state index in [-0.39, 0.29) is 11.0 Å². The van der Waals surface area contributed by atoms with E-state index in [2.05, 4.69) is 10.2 Å². The van der Waals surface area contributed by atoms with Gasteiger partial charge in [-0.1, -0.05) is 12.1 Å². The van der Waals surface area contributed by atoms with Crippen LogP contribution in [0.4, 0.5) is 0 Å². The maximum absolute atomic E-state index is 12.9. The summed E-state index contributed by atoms with van der Waals surface area (Å²) in [6.45, 7) is 2.65. The number of benzene rings is 1. The number of nitrogens with zero attached hydrogens (tertiary/aromatic N) is 3. The Morgan fingerprint density at radius 3 is 2.44 bits per heavy atom. The largest absolute Gasteiger partial charge is 0.495 e. The first kappa shape index (κ1) is 17.6. The highest BCUT2D eigenvalue weighted by atomic mass is 32.2. The monoisotopic (exact) mass is 363 g/mol. The molecule has 1 aromatic carbocycles. The fraction of sp³-hybridized carbons (Fsp3) is 0.412. The number of piperidine rings is 1. The van der Waals surface area contributed by atoms with Gasteiger partial charge in [-0.25, -0.2) is 8.42 Å². The molecule has 134 valence electrons. The lowest BCUT2D eigenvalue weighted by molar-refractivity contribution is 0.128. The second-order valence-corrected chi connectivity index (χ2v) is 7.79. The lowest BCUT2D eigenvalue weighted by atomic mass is 10.1. The van der Waals surface area contributed by atoms with E-state index in [0.29, 0.717) is 37.6 Å². The van der Waals surface area contributed by atoms with E-state index in [1.165, 1.54) is 11.4 Å². The molecule has 0 spiro atoms. The average molecular weight is 363 g/mol. The van der Waals surface area contributed by atoms with Crippen LogP contribution in [0.1, 0.15) is 18.5 Å². The molecule has 0 saturated carbocycles. The number of hydrogen-bond donors (Lipinski definition) is 0. The molecule has 7 nitrogen and oxygen atoms in total. The minimum Gasteiger partial charge on any atom is -0.495 e. The van der Waals surface area contributed by atoms with E-state index in [4.69, 9.17) is 9.47 Å². The van der Waals surface area contributed by atoms with Crippen LogP contribution < -0.4 is 9.47 Å². The van der Waals surface area contributed by atoms with Gasteiger partial charge >= 0.3 is 0 Å². The van der Waals surface area contributed by atoms with Gasteiger partial charge in [-0.05, 0) is 38.0 Å². The zero-order valence-electron chi connectivity index (χ0n) is 14.3. The van der Waals surface area contributed by atoms with Crippen molar-refractivity contribution < 1.29 is 17.9 Å². The maximum Gasteiger partial charge on any atom is 0.246 e. The molecule has 0 radical (unpaired) electrons. The molecule has 2 heterocycles. The molecule has 3 rings (SSSR count). The van der Waals surface area contributed by atoms with Gasteiger partial charge < -0.3 is 9.47 Å². The summed E-state index contributed by atoms with van der Waals surface area (Å²) in [6.07, 6.45) is 1.13. The molecule has 2 aromatic rings. The van der Waals surface area contributed by atoms with Crippen LogP contribution in [0.15, 0.2) is 41.3 Å².